The summed E-state index contributed by atoms with van der Waals surface area (Å²) in [6, 6.07) is 3.55. The van der Waals surface area contributed by atoms with Gasteiger partial charge in [0.15, 0.2) is 0 Å². The second kappa shape index (κ2) is 6.70. The van der Waals surface area contributed by atoms with Gasteiger partial charge in [-0.1, -0.05) is 0 Å². The van der Waals surface area contributed by atoms with Crippen molar-refractivity contribution < 1.29 is 18.0 Å². The largest absolute Gasteiger partial charge is 0.453 e. The molecule has 0 fully saturated rings. The van der Waals surface area contributed by atoms with Crippen LogP contribution in [0.3, 0.4) is 0 Å². The number of hydrogen-bond acceptors (Lipinski definition) is 5. The fourth-order valence-electron chi connectivity index (χ4n) is 2.51. The van der Waals surface area contributed by atoms with Crippen molar-refractivity contribution in [2.75, 3.05) is 0 Å². The molecule has 136 valence electrons. The van der Waals surface area contributed by atoms with E-state index in [4.69, 9.17) is 0 Å². The van der Waals surface area contributed by atoms with Crippen LogP contribution >= 0.6 is 0 Å². The Morgan fingerprint density at radius 3 is 2.54 bits per heavy atom. The maximum atomic E-state index is 12.8. The molecule has 0 aliphatic heterocycles. The van der Waals surface area contributed by atoms with Crippen LogP contribution in [0.5, 0.6) is 0 Å². The van der Waals surface area contributed by atoms with Gasteiger partial charge in [0.05, 0.1) is 6.42 Å². The van der Waals surface area contributed by atoms with E-state index < -0.39 is 12.0 Å². The van der Waals surface area contributed by atoms with Crippen LogP contribution in [0.1, 0.15) is 28.3 Å². The summed E-state index contributed by atoms with van der Waals surface area (Å²) in [5.41, 5.74) is 2.24. The van der Waals surface area contributed by atoms with Crippen LogP contribution in [-0.4, -0.2) is 30.5 Å². The fraction of sp³-hybridized carbons (Fsp3) is 0.312. The first-order valence-electron chi connectivity index (χ1n) is 7.71. The van der Waals surface area contributed by atoms with E-state index in [0.717, 1.165) is 10.1 Å². The van der Waals surface area contributed by atoms with Gasteiger partial charge in [-0.2, -0.15) is 18.2 Å². The number of rotatable bonds is 4. The van der Waals surface area contributed by atoms with Gasteiger partial charge in [-0.05, 0) is 31.5 Å². The number of nitrogens with one attached hydrogen (secondary N) is 1. The smallest absolute Gasteiger partial charge is 0.352 e. The third-order valence-electron chi connectivity index (χ3n) is 3.88. The van der Waals surface area contributed by atoms with Crippen LogP contribution in [-0.2, 0) is 23.9 Å². The van der Waals surface area contributed by atoms with E-state index in [-0.39, 0.29) is 18.1 Å². The molecule has 3 rings (SSSR count). The first-order chi connectivity index (χ1) is 12.3. The first kappa shape index (κ1) is 17.8. The molecule has 0 aliphatic carbocycles. The van der Waals surface area contributed by atoms with E-state index in [9.17, 15) is 18.0 Å². The summed E-state index contributed by atoms with van der Waals surface area (Å²) < 4.78 is 39.4. The first-order valence-corrected chi connectivity index (χ1v) is 7.71. The Kier molecular flexibility index (Phi) is 4.58. The second-order valence-electron chi connectivity index (χ2n) is 5.72. The SMILES string of the molecule is Cc1nc2nc(C(F)(F)F)nn2c(C)c1CC(=O)NCc1ccncc1. The van der Waals surface area contributed by atoms with Gasteiger partial charge in [-0.15, -0.1) is 5.10 Å². The molecule has 26 heavy (non-hydrogen) atoms. The molecule has 0 spiro atoms. The topological polar surface area (TPSA) is 85.1 Å². The Hall–Kier alpha value is -3.04. The molecule has 1 N–H and O–H groups in total. The molecule has 0 unspecified atom stereocenters. The lowest BCUT2D eigenvalue weighted by molar-refractivity contribution is -0.144. The standard InChI is InChI=1S/C16H15F3N6O/c1-9-12(7-13(26)21-8-11-3-5-20-6-4-11)10(2)25-15(22-9)23-14(24-25)16(17,18)19/h3-6H,7-8H2,1-2H3,(H,21,26). The number of carbonyl (C=O) groups excluding carboxylic acids is 1. The number of nitrogens with zero attached hydrogens (tertiary/aromatic N) is 5. The lowest BCUT2D eigenvalue weighted by atomic mass is 10.1. The number of halogens is 3. The van der Waals surface area contributed by atoms with Crippen molar-refractivity contribution in [1.29, 1.82) is 0 Å². The van der Waals surface area contributed by atoms with Crippen molar-refractivity contribution in [3.63, 3.8) is 0 Å². The van der Waals surface area contributed by atoms with Crippen molar-refractivity contribution in [2.45, 2.75) is 33.0 Å². The second-order valence-corrected chi connectivity index (χ2v) is 5.72. The molecule has 0 saturated carbocycles. The minimum absolute atomic E-state index is 0.0209. The van der Waals surface area contributed by atoms with Crippen molar-refractivity contribution in [3.8, 4) is 0 Å². The molecule has 3 heterocycles. The summed E-state index contributed by atoms with van der Waals surface area (Å²) >= 11 is 0. The van der Waals surface area contributed by atoms with Crippen LogP contribution < -0.4 is 5.32 Å². The van der Waals surface area contributed by atoms with Crippen LogP contribution in [0.2, 0.25) is 0 Å². The molecule has 1 amide bonds. The minimum atomic E-state index is -4.66. The molecule has 10 heteroatoms. The van der Waals surface area contributed by atoms with Gasteiger partial charge in [0, 0.05) is 35.9 Å². The van der Waals surface area contributed by atoms with Gasteiger partial charge in [0.25, 0.3) is 11.6 Å². The average Bonchev–Trinajstić information content (AvgIpc) is 3.02. The number of amides is 1. The van der Waals surface area contributed by atoms with E-state index in [1.165, 1.54) is 0 Å². The van der Waals surface area contributed by atoms with Crippen LogP contribution in [0.25, 0.3) is 5.78 Å². The van der Waals surface area contributed by atoms with E-state index in [2.05, 4.69) is 25.4 Å². The summed E-state index contributed by atoms with van der Waals surface area (Å²) in [5, 5.41) is 6.23. The molecular formula is C16H15F3N6O. The van der Waals surface area contributed by atoms with Crippen LogP contribution in [0.4, 0.5) is 13.2 Å². The molecule has 0 radical (unpaired) electrons. The summed E-state index contributed by atoms with van der Waals surface area (Å²) in [5.74, 6) is -1.68. The van der Waals surface area contributed by atoms with E-state index in [1.54, 1.807) is 38.4 Å². The van der Waals surface area contributed by atoms with Crippen molar-refractivity contribution in [3.05, 3.63) is 52.9 Å². The number of carbonyl (C=O) groups is 1. The molecule has 0 bridgehead atoms. The Balaban J connectivity index is 1.82. The van der Waals surface area contributed by atoms with Crippen LogP contribution in [0.15, 0.2) is 24.5 Å². The zero-order valence-corrected chi connectivity index (χ0v) is 14.0. The fourth-order valence-corrected chi connectivity index (χ4v) is 2.51. The monoisotopic (exact) mass is 364 g/mol. The highest BCUT2D eigenvalue weighted by molar-refractivity contribution is 5.79. The number of alkyl halides is 3. The third kappa shape index (κ3) is 3.63. The van der Waals surface area contributed by atoms with E-state index in [1.807, 2.05) is 0 Å². The minimum Gasteiger partial charge on any atom is -0.352 e. The number of fused-ring (bicyclic) bond motifs is 1. The molecular weight excluding hydrogens is 349 g/mol. The van der Waals surface area contributed by atoms with Crippen molar-refractivity contribution in [1.82, 2.24) is 29.9 Å². The quantitative estimate of drug-likeness (QED) is 0.766. The summed E-state index contributed by atoms with van der Waals surface area (Å²) in [7, 11) is 0. The normalized spacial score (nSPS) is 11.7. The van der Waals surface area contributed by atoms with E-state index in [0.29, 0.717) is 23.5 Å². The number of aryl methyl sites for hydroxylation is 2. The third-order valence-corrected chi connectivity index (χ3v) is 3.88. The summed E-state index contributed by atoms with van der Waals surface area (Å²) in [4.78, 5) is 23.6. The maximum absolute atomic E-state index is 12.8. The molecule has 0 aromatic carbocycles. The highest BCUT2D eigenvalue weighted by atomic mass is 19.4. The molecule has 0 atom stereocenters. The van der Waals surface area contributed by atoms with Gasteiger partial charge >= 0.3 is 6.18 Å². The zero-order chi connectivity index (χ0) is 18.9. The predicted molar refractivity (Wildman–Crippen MR) is 85.0 cm³/mol. The molecule has 0 saturated heterocycles. The Labute approximate surface area is 146 Å². The maximum Gasteiger partial charge on any atom is 0.453 e. The van der Waals surface area contributed by atoms with Gasteiger partial charge in [0.2, 0.25) is 5.91 Å². The van der Waals surface area contributed by atoms with Crippen LogP contribution in [0, 0.1) is 13.8 Å². The van der Waals surface area contributed by atoms with Crippen molar-refractivity contribution >= 4 is 11.7 Å². The number of hydrogen-bond donors (Lipinski definition) is 1. The summed E-state index contributed by atoms with van der Waals surface area (Å²) in [6.45, 7) is 3.54. The lowest BCUT2D eigenvalue weighted by Crippen LogP contribution is -2.25. The zero-order valence-electron chi connectivity index (χ0n) is 14.0. The van der Waals surface area contributed by atoms with Gasteiger partial charge < -0.3 is 5.32 Å². The lowest BCUT2D eigenvalue weighted by Gasteiger charge is -2.10. The van der Waals surface area contributed by atoms with Gasteiger partial charge in [-0.25, -0.2) is 9.50 Å². The van der Waals surface area contributed by atoms with Gasteiger partial charge in [-0.3, -0.25) is 9.78 Å². The van der Waals surface area contributed by atoms with Gasteiger partial charge in [0.1, 0.15) is 0 Å². The number of aromatic nitrogens is 5. The molecule has 7 nitrogen and oxygen atoms in total. The Morgan fingerprint density at radius 2 is 1.88 bits per heavy atom. The van der Waals surface area contributed by atoms with E-state index >= 15 is 0 Å². The van der Waals surface area contributed by atoms with Crippen molar-refractivity contribution in [2.24, 2.45) is 0 Å². The molecule has 3 aromatic rings. The Bertz CT molecular complexity index is 952. The average molecular weight is 364 g/mol. The molecule has 0 aliphatic rings. The Morgan fingerprint density at radius 1 is 1.19 bits per heavy atom. The highest BCUT2D eigenvalue weighted by Gasteiger charge is 2.37. The highest BCUT2D eigenvalue weighted by Crippen LogP contribution is 2.27. The summed E-state index contributed by atoms with van der Waals surface area (Å²) in [6.07, 6.45) is -1.43. The molecule has 3 aromatic heterocycles. The predicted octanol–water partition coefficient (Wildman–Crippen LogP) is 2.01. The number of pyridine rings is 1.